The van der Waals surface area contributed by atoms with Crippen molar-refractivity contribution in [1.29, 1.82) is 0 Å². The average molecular weight is 262 g/mol. The first-order chi connectivity index (χ1) is 9.08. The molecular formula is C15H22N2O2. The van der Waals surface area contributed by atoms with E-state index in [-0.39, 0.29) is 11.8 Å². The number of carbonyl (C=O) groups is 1. The number of hydrogen-bond acceptors (Lipinski definition) is 3. The quantitative estimate of drug-likeness (QED) is 0.762. The number of amides is 1. The summed E-state index contributed by atoms with van der Waals surface area (Å²) in [6.07, 6.45) is 1.70. The van der Waals surface area contributed by atoms with Crippen molar-refractivity contribution in [3.8, 4) is 5.75 Å². The Morgan fingerprint density at radius 3 is 2.63 bits per heavy atom. The van der Waals surface area contributed by atoms with E-state index in [9.17, 15) is 4.79 Å². The molecule has 0 saturated heterocycles. The zero-order valence-corrected chi connectivity index (χ0v) is 11.6. The number of benzene rings is 1. The molecule has 0 saturated carbocycles. The van der Waals surface area contributed by atoms with Crippen molar-refractivity contribution in [2.45, 2.75) is 13.5 Å². The first-order valence-corrected chi connectivity index (χ1v) is 6.36. The molecule has 2 N–H and O–H groups in total. The Labute approximate surface area is 114 Å². The van der Waals surface area contributed by atoms with Gasteiger partial charge in [-0.15, -0.1) is 0 Å². The number of rotatable bonds is 7. The van der Waals surface area contributed by atoms with Crippen molar-refractivity contribution >= 4 is 5.91 Å². The standard InChI is InChI=1S/C15H22N2O2/c1-4-9-19-14-7-5-13(6-8-14)11-17(3)15(18)12(2)10-16/h4-8,12H,1,9-11,16H2,2-3H3. The summed E-state index contributed by atoms with van der Waals surface area (Å²) in [5, 5.41) is 0. The zero-order valence-electron chi connectivity index (χ0n) is 11.6. The summed E-state index contributed by atoms with van der Waals surface area (Å²) in [7, 11) is 1.79. The van der Waals surface area contributed by atoms with E-state index >= 15 is 0 Å². The number of ether oxygens (including phenoxy) is 1. The predicted molar refractivity (Wildman–Crippen MR) is 76.8 cm³/mol. The van der Waals surface area contributed by atoms with Gasteiger partial charge in [-0.25, -0.2) is 0 Å². The van der Waals surface area contributed by atoms with Crippen LogP contribution >= 0.6 is 0 Å². The Morgan fingerprint density at radius 2 is 2.11 bits per heavy atom. The maximum absolute atomic E-state index is 11.9. The number of nitrogens with zero attached hydrogens (tertiary/aromatic N) is 1. The molecule has 0 bridgehead atoms. The van der Waals surface area contributed by atoms with Crippen molar-refractivity contribution in [1.82, 2.24) is 4.90 Å². The third-order valence-electron chi connectivity index (χ3n) is 2.86. The van der Waals surface area contributed by atoms with E-state index < -0.39 is 0 Å². The minimum Gasteiger partial charge on any atom is -0.490 e. The van der Waals surface area contributed by atoms with Crippen LogP contribution in [0.25, 0.3) is 0 Å². The van der Waals surface area contributed by atoms with Crippen LogP contribution in [0.2, 0.25) is 0 Å². The molecule has 0 fully saturated rings. The third kappa shape index (κ3) is 4.75. The monoisotopic (exact) mass is 262 g/mol. The van der Waals surface area contributed by atoms with Gasteiger partial charge in [0.1, 0.15) is 12.4 Å². The fraction of sp³-hybridized carbons (Fsp3) is 0.400. The summed E-state index contributed by atoms with van der Waals surface area (Å²) in [5.41, 5.74) is 6.56. The topological polar surface area (TPSA) is 55.6 Å². The van der Waals surface area contributed by atoms with Crippen molar-refractivity contribution in [2.75, 3.05) is 20.2 Å². The molecule has 4 nitrogen and oxygen atoms in total. The van der Waals surface area contributed by atoms with E-state index in [0.717, 1.165) is 11.3 Å². The predicted octanol–water partition coefficient (Wildman–Crippen LogP) is 1.80. The normalized spacial score (nSPS) is 11.7. The molecule has 0 aliphatic carbocycles. The Morgan fingerprint density at radius 1 is 1.47 bits per heavy atom. The lowest BCUT2D eigenvalue weighted by Crippen LogP contribution is -2.34. The Bertz CT molecular complexity index is 415. The Hall–Kier alpha value is -1.81. The van der Waals surface area contributed by atoms with Gasteiger partial charge in [0.05, 0.1) is 0 Å². The molecule has 1 aromatic carbocycles. The molecule has 19 heavy (non-hydrogen) atoms. The van der Waals surface area contributed by atoms with Crippen LogP contribution in [0.15, 0.2) is 36.9 Å². The number of carbonyl (C=O) groups excluding carboxylic acids is 1. The minimum atomic E-state index is -0.139. The first-order valence-electron chi connectivity index (χ1n) is 6.36. The lowest BCUT2D eigenvalue weighted by molar-refractivity contribution is -0.133. The number of hydrogen-bond donors (Lipinski definition) is 1. The van der Waals surface area contributed by atoms with E-state index in [4.69, 9.17) is 10.5 Å². The molecule has 1 atom stereocenters. The highest BCUT2D eigenvalue weighted by molar-refractivity contribution is 5.78. The summed E-state index contributed by atoms with van der Waals surface area (Å²) in [5.74, 6) is 0.725. The summed E-state index contributed by atoms with van der Waals surface area (Å²) in [6.45, 7) is 6.87. The Kier molecular flexibility index (Phi) is 6.09. The fourth-order valence-electron chi connectivity index (χ4n) is 1.68. The van der Waals surface area contributed by atoms with Crippen LogP contribution in [0, 0.1) is 5.92 Å². The Balaban J connectivity index is 2.57. The van der Waals surface area contributed by atoms with Crippen molar-refractivity contribution < 1.29 is 9.53 Å². The molecule has 104 valence electrons. The summed E-state index contributed by atoms with van der Waals surface area (Å²) in [6, 6.07) is 7.69. The number of nitrogens with two attached hydrogens (primary N) is 1. The van der Waals surface area contributed by atoms with E-state index in [0.29, 0.717) is 19.7 Å². The van der Waals surface area contributed by atoms with Crippen molar-refractivity contribution in [3.63, 3.8) is 0 Å². The van der Waals surface area contributed by atoms with Gasteiger partial charge >= 0.3 is 0 Å². The van der Waals surface area contributed by atoms with Gasteiger partial charge in [-0.1, -0.05) is 31.7 Å². The largest absolute Gasteiger partial charge is 0.490 e. The van der Waals surface area contributed by atoms with Gasteiger partial charge in [-0.2, -0.15) is 0 Å². The highest BCUT2D eigenvalue weighted by Crippen LogP contribution is 2.14. The van der Waals surface area contributed by atoms with Crippen LogP contribution in [-0.4, -0.2) is 31.0 Å². The second kappa shape index (κ2) is 7.59. The minimum absolute atomic E-state index is 0.0643. The van der Waals surface area contributed by atoms with Gasteiger partial charge in [0.15, 0.2) is 0 Å². The van der Waals surface area contributed by atoms with Gasteiger partial charge in [0, 0.05) is 26.1 Å². The molecule has 1 rings (SSSR count). The second-order valence-corrected chi connectivity index (χ2v) is 4.57. The highest BCUT2D eigenvalue weighted by atomic mass is 16.5. The van der Waals surface area contributed by atoms with Crippen LogP contribution in [-0.2, 0) is 11.3 Å². The smallest absolute Gasteiger partial charge is 0.226 e. The third-order valence-corrected chi connectivity index (χ3v) is 2.86. The van der Waals surface area contributed by atoms with Crippen LogP contribution in [0.4, 0.5) is 0 Å². The lowest BCUT2D eigenvalue weighted by atomic mass is 10.1. The van der Waals surface area contributed by atoms with Crippen LogP contribution in [0.3, 0.4) is 0 Å². The average Bonchev–Trinajstić information content (AvgIpc) is 2.44. The maximum atomic E-state index is 11.9. The fourth-order valence-corrected chi connectivity index (χ4v) is 1.68. The van der Waals surface area contributed by atoms with E-state index in [1.54, 1.807) is 18.0 Å². The molecule has 0 aliphatic heterocycles. The van der Waals surface area contributed by atoms with Gasteiger partial charge in [-0.3, -0.25) is 4.79 Å². The molecule has 1 amide bonds. The van der Waals surface area contributed by atoms with E-state index in [2.05, 4.69) is 6.58 Å². The van der Waals surface area contributed by atoms with Crippen molar-refractivity contribution in [2.24, 2.45) is 11.7 Å². The molecule has 4 heteroatoms. The molecule has 0 radical (unpaired) electrons. The molecule has 0 spiro atoms. The summed E-state index contributed by atoms with van der Waals surface area (Å²) >= 11 is 0. The maximum Gasteiger partial charge on any atom is 0.226 e. The molecule has 0 heterocycles. The molecular weight excluding hydrogens is 240 g/mol. The van der Waals surface area contributed by atoms with Gasteiger partial charge < -0.3 is 15.4 Å². The first kappa shape index (κ1) is 15.2. The van der Waals surface area contributed by atoms with Crippen LogP contribution in [0.5, 0.6) is 5.75 Å². The van der Waals surface area contributed by atoms with Crippen molar-refractivity contribution in [3.05, 3.63) is 42.5 Å². The van der Waals surface area contributed by atoms with E-state index in [1.165, 1.54) is 0 Å². The second-order valence-electron chi connectivity index (χ2n) is 4.57. The zero-order chi connectivity index (χ0) is 14.3. The molecule has 1 unspecified atom stereocenters. The van der Waals surface area contributed by atoms with Crippen LogP contribution < -0.4 is 10.5 Å². The van der Waals surface area contributed by atoms with Gasteiger partial charge in [0.2, 0.25) is 5.91 Å². The summed E-state index contributed by atoms with van der Waals surface area (Å²) in [4.78, 5) is 13.6. The highest BCUT2D eigenvalue weighted by Gasteiger charge is 2.15. The van der Waals surface area contributed by atoms with E-state index in [1.807, 2.05) is 31.2 Å². The molecule has 0 aliphatic rings. The van der Waals surface area contributed by atoms with Crippen LogP contribution in [0.1, 0.15) is 12.5 Å². The van der Waals surface area contributed by atoms with Gasteiger partial charge in [0.25, 0.3) is 0 Å². The lowest BCUT2D eigenvalue weighted by Gasteiger charge is -2.20. The van der Waals surface area contributed by atoms with Gasteiger partial charge in [-0.05, 0) is 17.7 Å². The molecule has 1 aromatic rings. The molecule has 0 aromatic heterocycles. The SMILES string of the molecule is C=CCOc1ccc(CN(C)C(=O)C(C)CN)cc1. The summed E-state index contributed by atoms with van der Waals surface area (Å²) < 4.78 is 5.40.